The van der Waals surface area contributed by atoms with Crippen LogP contribution in [0.15, 0.2) is 18.2 Å². The Bertz CT molecular complexity index is 493. The van der Waals surface area contributed by atoms with E-state index >= 15 is 0 Å². The second kappa shape index (κ2) is 7.28. The molecule has 0 spiro atoms. The van der Waals surface area contributed by atoms with E-state index in [0.29, 0.717) is 13.2 Å². The summed E-state index contributed by atoms with van der Waals surface area (Å²) in [6, 6.07) is 4.84. The van der Waals surface area contributed by atoms with Crippen molar-refractivity contribution >= 4 is 5.91 Å². The van der Waals surface area contributed by atoms with Crippen molar-refractivity contribution in [2.24, 2.45) is 0 Å². The zero-order valence-corrected chi connectivity index (χ0v) is 12.5. The lowest BCUT2D eigenvalue weighted by Gasteiger charge is -2.32. The maximum absolute atomic E-state index is 12.1. The second-order valence-corrected chi connectivity index (χ2v) is 4.95. The number of rotatable bonds is 5. The molecule has 0 radical (unpaired) electrons. The predicted molar refractivity (Wildman–Crippen MR) is 78.8 cm³/mol. The SMILES string of the molecule is CCN1CCOC(CNC(=O)c2cccc(OC)c2O)C1. The average Bonchev–Trinajstić information content (AvgIpc) is 2.53. The van der Waals surface area contributed by atoms with Gasteiger partial charge in [-0.25, -0.2) is 0 Å². The van der Waals surface area contributed by atoms with E-state index in [2.05, 4.69) is 17.1 Å². The maximum atomic E-state index is 12.1. The van der Waals surface area contributed by atoms with Crippen LogP contribution in [0.5, 0.6) is 11.5 Å². The van der Waals surface area contributed by atoms with Crippen LogP contribution < -0.4 is 10.1 Å². The highest BCUT2D eigenvalue weighted by molar-refractivity contribution is 5.97. The van der Waals surface area contributed by atoms with Gasteiger partial charge in [-0.1, -0.05) is 13.0 Å². The van der Waals surface area contributed by atoms with Crippen molar-refractivity contribution in [2.45, 2.75) is 13.0 Å². The fourth-order valence-corrected chi connectivity index (χ4v) is 2.36. The van der Waals surface area contributed by atoms with E-state index in [-0.39, 0.29) is 29.1 Å². The van der Waals surface area contributed by atoms with Gasteiger partial charge in [0.1, 0.15) is 0 Å². The molecule has 1 fully saturated rings. The third-order valence-electron chi connectivity index (χ3n) is 3.62. The highest BCUT2D eigenvalue weighted by atomic mass is 16.5. The quantitative estimate of drug-likeness (QED) is 0.842. The number of phenolic OH excluding ortho intramolecular Hbond substituents is 1. The lowest BCUT2D eigenvalue weighted by atomic mass is 10.1. The molecule has 0 saturated carbocycles. The maximum Gasteiger partial charge on any atom is 0.255 e. The molecule has 1 aliphatic heterocycles. The molecule has 1 aromatic carbocycles. The van der Waals surface area contributed by atoms with E-state index in [1.807, 2.05) is 0 Å². The van der Waals surface area contributed by atoms with Gasteiger partial charge in [0.2, 0.25) is 0 Å². The Morgan fingerprint density at radius 2 is 2.38 bits per heavy atom. The van der Waals surface area contributed by atoms with Crippen molar-refractivity contribution in [3.63, 3.8) is 0 Å². The molecule has 0 aliphatic carbocycles. The molecule has 0 aromatic heterocycles. The number of benzene rings is 1. The largest absolute Gasteiger partial charge is 0.504 e. The third kappa shape index (κ3) is 3.86. The Labute approximate surface area is 124 Å². The van der Waals surface area contributed by atoms with Crippen molar-refractivity contribution in [3.05, 3.63) is 23.8 Å². The number of ether oxygens (including phenoxy) is 2. The fourth-order valence-electron chi connectivity index (χ4n) is 2.36. The zero-order valence-electron chi connectivity index (χ0n) is 12.5. The standard InChI is InChI=1S/C15H22N2O4/c1-3-17-7-8-21-11(10-17)9-16-15(19)12-5-4-6-13(20-2)14(12)18/h4-6,11,18H,3,7-10H2,1-2H3,(H,16,19). The van der Waals surface area contributed by atoms with Gasteiger partial charge in [-0.3, -0.25) is 9.69 Å². The Morgan fingerprint density at radius 3 is 3.10 bits per heavy atom. The summed E-state index contributed by atoms with van der Waals surface area (Å²) in [5.74, 6) is -0.186. The van der Waals surface area contributed by atoms with Gasteiger partial charge in [-0.05, 0) is 18.7 Å². The van der Waals surface area contributed by atoms with Crippen LogP contribution in [-0.2, 0) is 4.74 Å². The topological polar surface area (TPSA) is 71.0 Å². The number of amides is 1. The van der Waals surface area contributed by atoms with Crippen molar-refractivity contribution < 1.29 is 19.4 Å². The summed E-state index contributed by atoms with van der Waals surface area (Å²) in [7, 11) is 1.45. The van der Waals surface area contributed by atoms with E-state index in [9.17, 15) is 9.90 Å². The lowest BCUT2D eigenvalue weighted by molar-refractivity contribution is -0.0246. The number of nitrogens with one attached hydrogen (secondary N) is 1. The molecular formula is C15H22N2O4. The zero-order chi connectivity index (χ0) is 15.2. The van der Waals surface area contributed by atoms with Crippen molar-refractivity contribution in [3.8, 4) is 11.5 Å². The number of phenols is 1. The molecule has 2 rings (SSSR count). The van der Waals surface area contributed by atoms with Crippen molar-refractivity contribution in [1.29, 1.82) is 0 Å². The molecular weight excluding hydrogens is 272 g/mol. The first-order valence-corrected chi connectivity index (χ1v) is 7.13. The summed E-state index contributed by atoms with van der Waals surface area (Å²) in [6.45, 7) is 5.92. The van der Waals surface area contributed by atoms with E-state index in [4.69, 9.17) is 9.47 Å². The normalized spacial score (nSPS) is 19.2. The van der Waals surface area contributed by atoms with Crippen molar-refractivity contribution in [2.75, 3.05) is 39.9 Å². The van der Waals surface area contributed by atoms with Gasteiger partial charge in [0, 0.05) is 19.6 Å². The number of hydrogen-bond donors (Lipinski definition) is 2. The van der Waals surface area contributed by atoms with E-state index < -0.39 is 0 Å². The van der Waals surface area contributed by atoms with E-state index in [1.54, 1.807) is 18.2 Å². The van der Waals surface area contributed by atoms with Crippen LogP contribution in [0.2, 0.25) is 0 Å². The molecule has 116 valence electrons. The highest BCUT2D eigenvalue weighted by Gasteiger charge is 2.21. The van der Waals surface area contributed by atoms with Crippen LogP contribution in [0, 0.1) is 0 Å². The average molecular weight is 294 g/mol. The number of aromatic hydroxyl groups is 1. The highest BCUT2D eigenvalue weighted by Crippen LogP contribution is 2.29. The number of carbonyl (C=O) groups excluding carboxylic acids is 1. The Balaban J connectivity index is 1.93. The van der Waals surface area contributed by atoms with Crippen LogP contribution in [0.3, 0.4) is 0 Å². The summed E-state index contributed by atoms with van der Waals surface area (Å²) < 4.78 is 10.6. The van der Waals surface area contributed by atoms with Crippen molar-refractivity contribution in [1.82, 2.24) is 10.2 Å². The summed E-state index contributed by atoms with van der Waals surface area (Å²) in [6.07, 6.45) is -0.0181. The number of para-hydroxylation sites is 1. The molecule has 1 amide bonds. The molecule has 1 aromatic rings. The van der Waals surface area contributed by atoms with Crippen LogP contribution in [0.1, 0.15) is 17.3 Å². The predicted octanol–water partition coefficient (Wildman–Crippen LogP) is 0.851. The number of carbonyl (C=O) groups is 1. The van der Waals surface area contributed by atoms with Gasteiger partial charge in [0.25, 0.3) is 5.91 Å². The minimum Gasteiger partial charge on any atom is -0.504 e. The molecule has 6 heteroatoms. The van der Waals surface area contributed by atoms with E-state index in [0.717, 1.165) is 19.6 Å². The summed E-state index contributed by atoms with van der Waals surface area (Å²) in [5, 5.41) is 12.8. The molecule has 6 nitrogen and oxygen atoms in total. The lowest BCUT2D eigenvalue weighted by Crippen LogP contribution is -2.47. The monoisotopic (exact) mass is 294 g/mol. The minimum atomic E-state index is -0.330. The molecule has 1 atom stereocenters. The number of methoxy groups -OCH3 is 1. The minimum absolute atomic E-state index is 0.0181. The Hall–Kier alpha value is -1.79. The van der Waals surface area contributed by atoms with Gasteiger partial charge in [-0.15, -0.1) is 0 Å². The van der Waals surface area contributed by atoms with Gasteiger partial charge in [0.15, 0.2) is 11.5 Å². The number of likely N-dealkylation sites (N-methyl/N-ethyl adjacent to an activating group) is 1. The Kier molecular flexibility index (Phi) is 5.41. The van der Waals surface area contributed by atoms with Gasteiger partial charge < -0.3 is 19.9 Å². The van der Waals surface area contributed by atoms with E-state index in [1.165, 1.54) is 7.11 Å². The molecule has 21 heavy (non-hydrogen) atoms. The van der Waals surface area contributed by atoms with Crippen LogP contribution in [-0.4, -0.2) is 61.9 Å². The van der Waals surface area contributed by atoms with Gasteiger partial charge >= 0.3 is 0 Å². The molecule has 1 aliphatic rings. The van der Waals surface area contributed by atoms with Crippen LogP contribution in [0.4, 0.5) is 0 Å². The fraction of sp³-hybridized carbons (Fsp3) is 0.533. The number of morpholine rings is 1. The first-order valence-electron chi connectivity index (χ1n) is 7.13. The summed E-state index contributed by atoms with van der Waals surface area (Å²) in [5.41, 5.74) is 0.206. The number of nitrogens with zero attached hydrogens (tertiary/aromatic N) is 1. The Morgan fingerprint density at radius 1 is 1.57 bits per heavy atom. The summed E-state index contributed by atoms with van der Waals surface area (Å²) >= 11 is 0. The molecule has 1 unspecified atom stereocenters. The van der Waals surface area contributed by atoms with Crippen LogP contribution in [0.25, 0.3) is 0 Å². The molecule has 2 N–H and O–H groups in total. The first kappa shape index (κ1) is 15.6. The molecule has 1 heterocycles. The smallest absolute Gasteiger partial charge is 0.255 e. The second-order valence-electron chi connectivity index (χ2n) is 4.95. The van der Waals surface area contributed by atoms with Gasteiger partial charge in [0.05, 0.1) is 25.4 Å². The number of hydrogen-bond acceptors (Lipinski definition) is 5. The molecule has 0 bridgehead atoms. The first-order chi connectivity index (χ1) is 10.2. The molecule has 1 saturated heterocycles. The van der Waals surface area contributed by atoms with Gasteiger partial charge in [-0.2, -0.15) is 0 Å². The summed E-state index contributed by atoms with van der Waals surface area (Å²) in [4.78, 5) is 14.4. The van der Waals surface area contributed by atoms with Crippen LogP contribution >= 0.6 is 0 Å². The third-order valence-corrected chi connectivity index (χ3v) is 3.62.